The summed E-state index contributed by atoms with van der Waals surface area (Å²) in [6.45, 7) is 0. The molecular weight excluding hydrogens is 498 g/mol. The van der Waals surface area contributed by atoms with Crippen LogP contribution in [0.2, 0.25) is 0 Å². The Morgan fingerprint density at radius 3 is 2.35 bits per heavy atom. The topological polar surface area (TPSA) is 76.1 Å². The number of rotatable bonds is 4. The molecule has 3 aromatic carbocycles. The number of halogens is 1. The van der Waals surface area contributed by atoms with Crippen molar-refractivity contribution in [1.29, 1.82) is 0 Å². The molecule has 0 aromatic heterocycles. The lowest BCUT2D eigenvalue weighted by Gasteiger charge is -2.39. The van der Waals surface area contributed by atoms with Gasteiger partial charge >= 0.3 is 0 Å². The molecule has 0 saturated heterocycles. The summed E-state index contributed by atoms with van der Waals surface area (Å²) in [5.41, 5.74) is -2.14. The number of benzene rings is 3. The van der Waals surface area contributed by atoms with Gasteiger partial charge in [0.25, 0.3) is 0 Å². The Balaban J connectivity index is 1.89. The number of carbonyl (C=O) groups is 2. The van der Waals surface area contributed by atoms with E-state index in [4.69, 9.17) is 9.47 Å². The molecule has 1 heterocycles. The van der Waals surface area contributed by atoms with Crippen molar-refractivity contribution < 1.29 is 24.2 Å². The maximum Gasteiger partial charge on any atom is 0.229 e. The van der Waals surface area contributed by atoms with E-state index in [1.165, 1.54) is 12.0 Å². The van der Waals surface area contributed by atoms with E-state index >= 15 is 0 Å². The molecule has 0 radical (unpaired) electrons. The molecule has 4 atom stereocenters. The molecule has 174 valence electrons. The quantitative estimate of drug-likeness (QED) is 0.561. The van der Waals surface area contributed by atoms with Crippen LogP contribution >= 0.6 is 15.9 Å². The fraction of sp³-hybridized carbons (Fsp3) is 0.259. The van der Waals surface area contributed by atoms with Crippen LogP contribution < -0.4 is 9.47 Å². The number of ether oxygens (including phenoxy) is 2. The first-order valence-corrected chi connectivity index (χ1v) is 11.7. The summed E-state index contributed by atoms with van der Waals surface area (Å²) >= 11 is 3.45. The van der Waals surface area contributed by atoms with Crippen molar-refractivity contribution in [1.82, 2.24) is 4.90 Å². The van der Waals surface area contributed by atoms with E-state index in [2.05, 4.69) is 15.9 Å². The lowest BCUT2D eigenvalue weighted by molar-refractivity contribution is -0.157. The SMILES string of the molecule is COc1ccc2c(c1)O[C@]1(c3ccc(Br)cc3)C(=O)[C@@]2(O)C(C(=O)N(C)C)C1c1ccccc1. The second-order valence-electron chi connectivity index (χ2n) is 8.90. The van der Waals surface area contributed by atoms with E-state index in [0.29, 0.717) is 17.1 Å². The first-order valence-electron chi connectivity index (χ1n) is 10.9. The first kappa shape index (κ1) is 22.6. The predicted octanol–water partition coefficient (Wildman–Crippen LogP) is 4.00. The number of hydrogen-bond donors (Lipinski definition) is 1. The number of aliphatic hydroxyl groups is 1. The van der Waals surface area contributed by atoms with E-state index in [9.17, 15) is 14.7 Å². The minimum atomic E-state index is -2.09. The minimum absolute atomic E-state index is 0.268. The minimum Gasteiger partial charge on any atom is -0.497 e. The summed E-state index contributed by atoms with van der Waals surface area (Å²) in [5.74, 6) is -1.94. The molecule has 6 nitrogen and oxygen atoms in total. The molecule has 1 aliphatic heterocycles. The van der Waals surface area contributed by atoms with Gasteiger partial charge in [-0.3, -0.25) is 9.59 Å². The van der Waals surface area contributed by atoms with Gasteiger partial charge in [0.1, 0.15) is 11.5 Å². The van der Waals surface area contributed by atoms with Crippen molar-refractivity contribution >= 4 is 27.6 Å². The Morgan fingerprint density at radius 2 is 1.74 bits per heavy atom. The van der Waals surface area contributed by atoms with Crippen LogP contribution in [-0.4, -0.2) is 42.9 Å². The highest BCUT2D eigenvalue weighted by Gasteiger charge is 2.75. The zero-order valence-corrected chi connectivity index (χ0v) is 20.6. The molecule has 2 bridgehead atoms. The van der Waals surface area contributed by atoms with E-state index in [1.54, 1.807) is 44.4 Å². The lowest BCUT2D eigenvalue weighted by Crippen LogP contribution is -2.51. The normalized spacial score (nSPS) is 27.0. The number of Topliss-reactive ketones (excluding diaryl/α,β-unsaturated/α-hetero) is 1. The van der Waals surface area contributed by atoms with Crippen molar-refractivity contribution in [3.05, 3.63) is 94.0 Å². The summed E-state index contributed by atoms with van der Waals surface area (Å²) in [6, 6.07) is 21.5. The van der Waals surface area contributed by atoms with Crippen molar-refractivity contribution in [2.24, 2.45) is 5.92 Å². The molecule has 1 fully saturated rings. The van der Waals surface area contributed by atoms with Crippen LogP contribution in [0.15, 0.2) is 77.3 Å². The maximum atomic E-state index is 14.4. The third-order valence-corrected chi connectivity index (χ3v) is 7.44. The van der Waals surface area contributed by atoms with Gasteiger partial charge in [0.05, 0.1) is 18.9 Å². The van der Waals surface area contributed by atoms with Crippen molar-refractivity contribution in [2.45, 2.75) is 17.1 Å². The maximum absolute atomic E-state index is 14.4. The Morgan fingerprint density at radius 1 is 1.06 bits per heavy atom. The van der Waals surface area contributed by atoms with Crippen molar-refractivity contribution in [2.75, 3.05) is 21.2 Å². The third kappa shape index (κ3) is 2.96. The number of amides is 1. The van der Waals surface area contributed by atoms with Gasteiger partial charge in [0, 0.05) is 35.8 Å². The molecule has 7 heteroatoms. The van der Waals surface area contributed by atoms with Crippen LogP contribution in [0, 0.1) is 5.92 Å². The van der Waals surface area contributed by atoms with E-state index in [-0.39, 0.29) is 11.5 Å². The van der Waals surface area contributed by atoms with Crippen molar-refractivity contribution in [3.63, 3.8) is 0 Å². The smallest absolute Gasteiger partial charge is 0.229 e. The van der Waals surface area contributed by atoms with Gasteiger partial charge in [-0.1, -0.05) is 58.4 Å². The second kappa shape index (κ2) is 7.96. The highest BCUT2D eigenvalue weighted by molar-refractivity contribution is 9.10. The highest BCUT2D eigenvalue weighted by Crippen LogP contribution is 2.64. The number of ketones is 1. The zero-order chi connectivity index (χ0) is 24.3. The molecule has 2 aliphatic rings. The third-order valence-electron chi connectivity index (χ3n) is 6.91. The van der Waals surface area contributed by atoms with Crippen LogP contribution in [0.1, 0.15) is 22.6 Å². The summed E-state index contributed by atoms with van der Waals surface area (Å²) in [6.07, 6.45) is 0. The highest BCUT2D eigenvalue weighted by atomic mass is 79.9. The number of nitrogens with zero attached hydrogens (tertiary/aromatic N) is 1. The molecule has 2 unspecified atom stereocenters. The van der Waals surface area contributed by atoms with Gasteiger partial charge in [0.15, 0.2) is 5.60 Å². The second-order valence-corrected chi connectivity index (χ2v) is 9.82. The van der Waals surface area contributed by atoms with Gasteiger partial charge in [-0.15, -0.1) is 0 Å². The average Bonchev–Trinajstić information content (AvgIpc) is 2.97. The number of fused-ring (bicyclic) bond motifs is 4. The fourth-order valence-electron chi connectivity index (χ4n) is 5.40. The standard InChI is InChI=1S/C27H24BrNO5/c1-29(2)24(30)23-22(16-7-5-4-6-8-16)27(17-9-11-18(28)12-10-17)25(31)26(23,32)20-14-13-19(33-3)15-21(20)34-27/h4-15,22-23,32H,1-3H3/t22?,23?,26-,27-/m0/s1. The molecule has 1 aliphatic carbocycles. The van der Waals surface area contributed by atoms with Gasteiger partial charge in [0.2, 0.25) is 17.3 Å². The molecule has 1 amide bonds. The zero-order valence-electron chi connectivity index (χ0n) is 19.0. The predicted molar refractivity (Wildman–Crippen MR) is 130 cm³/mol. The molecule has 1 saturated carbocycles. The Bertz CT molecular complexity index is 1280. The van der Waals surface area contributed by atoms with Gasteiger partial charge in [-0.05, 0) is 29.8 Å². The largest absolute Gasteiger partial charge is 0.497 e. The average molecular weight is 522 g/mol. The van der Waals surface area contributed by atoms with Crippen LogP contribution in [-0.2, 0) is 20.8 Å². The summed E-state index contributed by atoms with van der Waals surface area (Å²) < 4.78 is 12.8. The molecule has 5 rings (SSSR count). The molecule has 3 aromatic rings. The summed E-state index contributed by atoms with van der Waals surface area (Å²) in [7, 11) is 4.79. The van der Waals surface area contributed by atoms with Crippen molar-refractivity contribution in [3.8, 4) is 11.5 Å². The fourth-order valence-corrected chi connectivity index (χ4v) is 5.66. The Labute approximate surface area is 206 Å². The molecule has 0 spiro atoms. The number of hydrogen-bond acceptors (Lipinski definition) is 5. The molecular formula is C27H24BrNO5. The summed E-state index contributed by atoms with van der Waals surface area (Å²) in [4.78, 5) is 29.5. The summed E-state index contributed by atoms with van der Waals surface area (Å²) in [5, 5.41) is 12.3. The van der Waals surface area contributed by atoms with Crippen LogP contribution in [0.3, 0.4) is 0 Å². The monoisotopic (exact) mass is 521 g/mol. The van der Waals surface area contributed by atoms with E-state index in [1.807, 2.05) is 42.5 Å². The number of methoxy groups -OCH3 is 1. The van der Waals surface area contributed by atoms with Crippen LogP contribution in [0.5, 0.6) is 11.5 Å². The van der Waals surface area contributed by atoms with Gasteiger partial charge in [-0.2, -0.15) is 0 Å². The Kier molecular flexibility index (Phi) is 5.30. The van der Waals surface area contributed by atoms with Crippen LogP contribution in [0.25, 0.3) is 0 Å². The van der Waals surface area contributed by atoms with Gasteiger partial charge in [-0.25, -0.2) is 0 Å². The Hall–Kier alpha value is -3.16. The number of carbonyl (C=O) groups excluding carboxylic acids is 2. The molecule has 34 heavy (non-hydrogen) atoms. The van der Waals surface area contributed by atoms with Crippen LogP contribution in [0.4, 0.5) is 0 Å². The van der Waals surface area contributed by atoms with E-state index < -0.39 is 28.8 Å². The van der Waals surface area contributed by atoms with E-state index in [0.717, 1.165) is 10.0 Å². The van der Waals surface area contributed by atoms with Gasteiger partial charge < -0.3 is 19.5 Å². The molecule has 1 N–H and O–H groups in total. The lowest BCUT2D eigenvalue weighted by atomic mass is 9.75. The first-order chi connectivity index (χ1) is 16.2.